The summed E-state index contributed by atoms with van der Waals surface area (Å²) in [7, 11) is 1.88. The van der Waals surface area contributed by atoms with Gasteiger partial charge in [0.2, 0.25) is 5.91 Å². The monoisotopic (exact) mass is 304 g/mol. The third-order valence-electron chi connectivity index (χ3n) is 4.34. The Hall–Kier alpha value is -1.39. The zero-order valence-corrected chi connectivity index (χ0v) is 13.9. The summed E-state index contributed by atoms with van der Waals surface area (Å²) in [5.41, 5.74) is 2.42. The molecule has 1 aliphatic carbocycles. The van der Waals surface area contributed by atoms with Crippen LogP contribution in [0.5, 0.6) is 0 Å². The van der Waals surface area contributed by atoms with E-state index >= 15 is 0 Å². The molecular weight excluding hydrogens is 276 g/mol. The first-order chi connectivity index (χ1) is 10.5. The van der Waals surface area contributed by atoms with Crippen LogP contribution in [0.4, 0.5) is 0 Å². The SMILES string of the molecule is CCc1ccc(C(C)NC(=O)CN(C)CC(O)C2CC2)cc1. The average Bonchev–Trinajstić information content (AvgIpc) is 3.31. The van der Waals surface area contributed by atoms with Crippen LogP contribution in [0.2, 0.25) is 0 Å². The quantitative estimate of drug-likeness (QED) is 0.773. The predicted molar refractivity (Wildman–Crippen MR) is 88.6 cm³/mol. The summed E-state index contributed by atoms with van der Waals surface area (Å²) in [6.45, 7) is 5.02. The Morgan fingerprint density at radius 1 is 1.36 bits per heavy atom. The molecule has 0 saturated heterocycles. The van der Waals surface area contributed by atoms with Crippen molar-refractivity contribution in [1.82, 2.24) is 10.2 Å². The third kappa shape index (κ3) is 5.11. The van der Waals surface area contributed by atoms with Crippen LogP contribution in [-0.4, -0.2) is 42.2 Å². The van der Waals surface area contributed by atoms with Crippen LogP contribution in [0.15, 0.2) is 24.3 Å². The Morgan fingerprint density at radius 3 is 2.55 bits per heavy atom. The Bertz CT molecular complexity index is 482. The van der Waals surface area contributed by atoms with Crippen molar-refractivity contribution in [3.63, 3.8) is 0 Å². The van der Waals surface area contributed by atoms with Gasteiger partial charge in [0.05, 0.1) is 18.7 Å². The van der Waals surface area contributed by atoms with E-state index < -0.39 is 0 Å². The number of carbonyl (C=O) groups is 1. The summed E-state index contributed by atoms with van der Waals surface area (Å²) in [6.07, 6.45) is 2.96. The molecule has 1 saturated carbocycles. The molecule has 2 N–H and O–H groups in total. The van der Waals surface area contributed by atoms with E-state index in [0.29, 0.717) is 19.0 Å². The van der Waals surface area contributed by atoms with Gasteiger partial charge in [-0.25, -0.2) is 0 Å². The predicted octanol–water partition coefficient (Wildman–Crippen LogP) is 2.13. The molecule has 4 nitrogen and oxygen atoms in total. The van der Waals surface area contributed by atoms with Crippen molar-refractivity contribution < 1.29 is 9.90 Å². The number of aliphatic hydroxyl groups is 1. The first-order valence-electron chi connectivity index (χ1n) is 8.24. The lowest BCUT2D eigenvalue weighted by Crippen LogP contribution is -2.39. The van der Waals surface area contributed by atoms with Crippen LogP contribution < -0.4 is 5.32 Å². The first-order valence-corrected chi connectivity index (χ1v) is 8.24. The van der Waals surface area contributed by atoms with E-state index in [0.717, 1.165) is 24.8 Å². The van der Waals surface area contributed by atoms with Crippen molar-refractivity contribution in [2.45, 2.75) is 45.3 Å². The minimum atomic E-state index is -0.295. The van der Waals surface area contributed by atoms with Gasteiger partial charge in [0.1, 0.15) is 0 Å². The van der Waals surface area contributed by atoms with Crippen LogP contribution in [0, 0.1) is 5.92 Å². The van der Waals surface area contributed by atoms with Gasteiger partial charge in [-0.15, -0.1) is 0 Å². The van der Waals surface area contributed by atoms with Crippen molar-refractivity contribution in [1.29, 1.82) is 0 Å². The minimum absolute atomic E-state index is 0.000150. The molecule has 2 rings (SSSR count). The molecule has 1 amide bonds. The molecule has 0 radical (unpaired) electrons. The lowest BCUT2D eigenvalue weighted by atomic mass is 10.1. The van der Waals surface area contributed by atoms with E-state index in [1.807, 2.05) is 18.9 Å². The lowest BCUT2D eigenvalue weighted by molar-refractivity contribution is -0.122. The lowest BCUT2D eigenvalue weighted by Gasteiger charge is -2.21. The maximum atomic E-state index is 12.1. The van der Waals surface area contributed by atoms with Crippen molar-refractivity contribution in [2.75, 3.05) is 20.1 Å². The van der Waals surface area contributed by atoms with Crippen LogP contribution in [0.3, 0.4) is 0 Å². The molecule has 2 atom stereocenters. The maximum Gasteiger partial charge on any atom is 0.234 e. The fraction of sp³-hybridized carbons (Fsp3) is 0.611. The Kier molecular flexibility index (Phi) is 5.98. The van der Waals surface area contributed by atoms with Gasteiger partial charge in [-0.05, 0) is 50.3 Å². The fourth-order valence-electron chi connectivity index (χ4n) is 2.67. The number of nitrogens with zero attached hydrogens (tertiary/aromatic N) is 1. The standard InChI is InChI=1S/C18H28N2O2/c1-4-14-5-7-15(8-6-14)13(2)19-18(22)12-20(3)11-17(21)16-9-10-16/h5-8,13,16-17,21H,4,9-12H2,1-3H3,(H,19,22). The van der Waals surface area contributed by atoms with E-state index in [1.54, 1.807) is 0 Å². The van der Waals surface area contributed by atoms with Crippen LogP contribution in [-0.2, 0) is 11.2 Å². The number of amides is 1. The maximum absolute atomic E-state index is 12.1. The highest BCUT2D eigenvalue weighted by Crippen LogP contribution is 2.32. The van der Waals surface area contributed by atoms with Crippen LogP contribution in [0.25, 0.3) is 0 Å². The Balaban J connectivity index is 1.77. The van der Waals surface area contributed by atoms with Gasteiger partial charge in [-0.3, -0.25) is 9.69 Å². The van der Waals surface area contributed by atoms with Gasteiger partial charge in [-0.1, -0.05) is 31.2 Å². The van der Waals surface area contributed by atoms with E-state index in [4.69, 9.17) is 0 Å². The van der Waals surface area contributed by atoms with Crippen molar-refractivity contribution in [2.24, 2.45) is 5.92 Å². The molecule has 1 aromatic rings. The van der Waals surface area contributed by atoms with E-state index in [2.05, 4.69) is 36.5 Å². The average molecular weight is 304 g/mol. The van der Waals surface area contributed by atoms with Gasteiger partial charge in [0, 0.05) is 6.54 Å². The molecule has 2 unspecified atom stereocenters. The molecule has 0 aromatic heterocycles. The topological polar surface area (TPSA) is 52.6 Å². The molecule has 1 aromatic carbocycles. The molecule has 22 heavy (non-hydrogen) atoms. The zero-order valence-electron chi connectivity index (χ0n) is 13.9. The van der Waals surface area contributed by atoms with E-state index in [-0.39, 0.29) is 18.1 Å². The van der Waals surface area contributed by atoms with Gasteiger partial charge in [0.15, 0.2) is 0 Å². The van der Waals surface area contributed by atoms with Crippen molar-refractivity contribution in [3.05, 3.63) is 35.4 Å². The summed E-state index contributed by atoms with van der Waals surface area (Å²) in [5.74, 6) is 0.444. The molecule has 0 heterocycles. The van der Waals surface area contributed by atoms with Crippen molar-refractivity contribution >= 4 is 5.91 Å². The number of hydrogen-bond donors (Lipinski definition) is 2. The molecular formula is C18H28N2O2. The second-order valence-corrected chi connectivity index (χ2v) is 6.49. The largest absolute Gasteiger partial charge is 0.392 e. The van der Waals surface area contributed by atoms with Crippen molar-refractivity contribution in [3.8, 4) is 0 Å². The Labute approximate surface area is 133 Å². The molecule has 1 fully saturated rings. The molecule has 4 heteroatoms. The minimum Gasteiger partial charge on any atom is -0.392 e. The molecule has 0 bridgehead atoms. The third-order valence-corrected chi connectivity index (χ3v) is 4.34. The number of benzene rings is 1. The molecule has 1 aliphatic rings. The highest BCUT2D eigenvalue weighted by atomic mass is 16.3. The normalized spacial score (nSPS) is 17.3. The summed E-state index contributed by atoms with van der Waals surface area (Å²) < 4.78 is 0. The smallest absolute Gasteiger partial charge is 0.234 e. The summed E-state index contributed by atoms with van der Waals surface area (Å²) >= 11 is 0. The van der Waals surface area contributed by atoms with Gasteiger partial charge < -0.3 is 10.4 Å². The number of likely N-dealkylation sites (N-methyl/N-ethyl adjacent to an activating group) is 1. The number of hydrogen-bond acceptors (Lipinski definition) is 3. The Morgan fingerprint density at radius 2 is 2.00 bits per heavy atom. The highest BCUT2D eigenvalue weighted by Gasteiger charge is 2.30. The summed E-state index contributed by atoms with van der Waals surface area (Å²) in [6, 6.07) is 8.36. The van der Waals surface area contributed by atoms with Crippen LogP contribution in [0.1, 0.15) is 43.9 Å². The van der Waals surface area contributed by atoms with E-state index in [1.165, 1.54) is 5.56 Å². The molecule has 0 aliphatic heterocycles. The van der Waals surface area contributed by atoms with Crippen LogP contribution >= 0.6 is 0 Å². The highest BCUT2D eigenvalue weighted by molar-refractivity contribution is 5.78. The first kappa shape index (κ1) is 17.0. The number of nitrogens with one attached hydrogen (secondary N) is 1. The number of rotatable bonds is 8. The summed E-state index contributed by atoms with van der Waals surface area (Å²) in [4.78, 5) is 14.0. The number of aliphatic hydroxyl groups excluding tert-OH is 1. The van der Waals surface area contributed by atoms with Gasteiger partial charge in [-0.2, -0.15) is 0 Å². The zero-order chi connectivity index (χ0) is 16.1. The second-order valence-electron chi connectivity index (χ2n) is 6.49. The summed E-state index contributed by atoms with van der Waals surface area (Å²) in [5, 5.41) is 12.9. The van der Waals surface area contributed by atoms with Gasteiger partial charge in [0.25, 0.3) is 0 Å². The second kappa shape index (κ2) is 7.75. The molecule has 0 spiro atoms. The van der Waals surface area contributed by atoms with E-state index in [9.17, 15) is 9.90 Å². The van der Waals surface area contributed by atoms with Gasteiger partial charge >= 0.3 is 0 Å². The number of aryl methyl sites for hydroxylation is 1. The fourth-order valence-corrected chi connectivity index (χ4v) is 2.67. The molecule has 122 valence electrons. The number of carbonyl (C=O) groups excluding carboxylic acids is 1.